The third kappa shape index (κ3) is 2.97. The summed E-state index contributed by atoms with van der Waals surface area (Å²) in [5.41, 5.74) is 3.49. The minimum absolute atomic E-state index is 0.0658. The zero-order chi connectivity index (χ0) is 14.9. The number of aliphatic imine (C=N–C) groups is 1. The van der Waals surface area contributed by atoms with Crippen molar-refractivity contribution in [2.24, 2.45) is 4.99 Å². The maximum atomic E-state index is 5.69. The molecule has 0 radical (unpaired) electrons. The number of nitrogens with zero attached hydrogens (tertiary/aromatic N) is 2. The lowest BCUT2D eigenvalue weighted by molar-refractivity contribution is 0.319. The Hall–Kier alpha value is -2.16. The number of pyridine rings is 1. The molecule has 1 aromatic carbocycles. The van der Waals surface area contributed by atoms with Crippen molar-refractivity contribution in [3.8, 4) is 0 Å². The van der Waals surface area contributed by atoms with Crippen LogP contribution in [0.5, 0.6) is 0 Å². The van der Waals surface area contributed by atoms with Crippen LogP contribution in [0.25, 0.3) is 0 Å². The van der Waals surface area contributed by atoms with Crippen LogP contribution in [0.2, 0.25) is 0 Å². The number of hydrogen-bond acceptors (Lipinski definition) is 3. The van der Waals surface area contributed by atoms with E-state index in [0.29, 0.717) is 12.5 Å². The first-order valence-electron chi connectivity index (χ1n) is 7.26. The third-order valence-corrected chi connectivity index (χ3v) is 3.70. The molecular weight excluding hydrogens is 260 g/mol. The van der Waals surface area contributed by atoms with E-state index < -0.39 is 0 Å². The van der Waals surface area contributed by atoms with Crippen LogP contribution in [-0.2, 0) is 10.2 Å². The molecule has 3 nitrogen and oxygen atoms in total. The molecule has 1 atom stereocenters. The molecule has 3 heteroatoms. The first kappa shape index (κ1) is 13.8. The second-order valence-electron chi connectivity index (χ2n) is 6.35. The zero-order valence-corrected chi connectivity index (χ0v) is 12.7. The fraction of sp³-hybridized carbons (Fsp3) is 0.333. The van der Waals surface area contributed by atoms with Crippen LogP contribution in [0.4, 0.5) is 0 Å². The van der Waals surface area contributed by atoms with Gasteiger partial charge in [-0.25, -0.2) is 4.99 Å². The van der Waals surface area contributed by atoms with Crippen LogP contribution in [-0.4, -0.2) is 17.5 Å². The molecule has 0 N–H and O–H groups in total. The van der Waals surface area contributed by atoms with E-state index in [2.05, 4.69) is 55.0 Å². The average Bonchev–Trinajstić information content (AvgIpc) is 2.97. The number of ether oxygens (including phenoxy) is 1. The maximum absolute atomic E-state index is 5.69. The van der Waals surface area contributed by atoms with Crippen molar-refractivity contribution >= 4 is 5.90 Å². The molecule has 1 aliphatic rings. The average molecular weight is 280 g/mol. The number of benzene rings is 1. The van der Waals surface area contributed by atoms with Gasteiger partial charge in [0, 0.05) is 6.20 Å². The Balaban J connectivity index is 1.81. The Morgan fingerprint density at radius 1 is 1.05 bits per heavy atom. The Morgan fingerprint density at radius 2 is 1.81 bits per heavy atom. The lowest BCUT2D eigenvalue weighted by Gasteiger charge is -2.19. The van der Waals surface area contributed by atoms with Crippen LogP contribution in [0, 0.1) is 0 Å². The van der Waals surface area contributed by atoms with Crippen molar-refractivity contribution in [2.75, 3.05) is 6.61 Å². The summed E-state index contributed by atoms with van der Waals surface area (Å²) in [4.78, 5) is 8.93. The summed E-state index contributed by atoms with van der Waals surface area (Å²) in [7, 11) is 0. The summed E-state index contributed by atoms with van der Waals surface area (Å²) in [6.07, 6.45) is 1.76. The van der Waals surface area contributed by atoms with E-state index in [1.165, 1.54) is 11.1 Å². The van der Waals surface area contributed by atoms with Crippen LogP contribution < -0.4 is 0 Å². The minimum Gasteiger partial charge on any atom is -0.474 e. The van der Waals surface area contributed by atoms with E-state index >= 15 is 0 Å². The van der Waals surface area contributed by atoms with Gasteiger partial charge in [-0.3, -0.25) is 4.98 Å². The SMILES string of the molecule is CC(C)(C)c1ccc([C@H]2COC(c3ccccn3)=N2)cc1. The minimum atomic E-state index is 0.0658. The number of rotatable bonds is 2. The van der Waals surface area contributed by atoms with E-state index in [1.807, 2.05) is 18.2 Å². The topological polar surface area (TPSA) is 34.5 Å². The van der Waals surface area contributed by atoms with Crippen LogP contribution >= 0.6 is 0 Å². The zero-order valence-electron chi connectivity index (χ0n) is 12.7. The Labute approximate surface area is 125 Å². The fourth-order valence-corrected chi connectivity index (χ4v) is 2.38. The molecule has 0 saturated heterocycles. The van der Waals surface area contributed by atoms with Crippen molar-refractivity contribution in [1.29, 1.82) is 0 Å². The van der Waals surface area contributed by atoms with Gasteiger partial charge in [-0.15, -0.1) is 0 Å². The summed E-state index contributed by atoms with van der Waals surface area (Å²) in [6.45, 7) is 7.24. The lowest BCUT2D eigenvalue weighted by atomic mass is 9.86. The number of hydrogen-bond donors (Lipinski definition) is 0. The second kappa shape index (κ2) is 5.32. The molecule has 2 aromatic rings. The Kier molecular flexibility index (Phi) is 3.50. The van der Waals surface area contributed by atoms with E-state index in [-0.39, 0.29) is 11.5 Å². The van der Waals surface area contributed by atoms with Crippen LogP contribution in [0.15, 0.2) is 53.7 Å². The Bertz CT molecular complexity index is 639. The van der Waals surface area contributed by atoms with Crippen molar-refractivity contribution in [3.63, 3.8) is 0 Å². The normalized spacial score (nSPS) is 18.2. The van der Waals surface area contributed by atoms with Gasteiger partial charge in [0.1, 0.15) is 18.3 Å². The summed E-state index contributed by atoms with van der Waals surface area (Å²) in [5, 5.41) is 0. The van der Waals surface area contributed by atoms with Gasteiger partial charge in [0.25, 0.3) is 0 Å². The van der Waals surface area contributed by atoms with Gasteiger partial charge < -0.3 is 4.74 Å². The van der Waals surface area contributed by atoms with E-state index in [1.54, 1.807) is 6.20 Å². The molecule has 1 aliphatic heterocycles. The molecule has 0 saturated carbocycles. The quantitative estimate of drug-likeness (QED) is 0.836. The summed E-state index contributed by atoms with van der Waals surface area (Å²) in [6, 6.07) is 14.5. The molecule has 21 heavy (non-hydrogen) atoms. The Morgan fingerprint density at radius 3 is 2.43 bits per heavy atom. The van der Waals surface area contributed by atoms with Gasteiger partial charge in [0.05, 0.1) is 0 Å². The highest BCUT2D eigenvalue weighted by atomic mass is 16.5. The van der Waals surface area contributed by atoms with Gasteiger partial charge in [0.15, 0.2) is 0 Å². The molecule has 0 fully saturated rings. The molecule has 0 aliphatic carbocycles. The van der Waals surface area contributed by atoms with E-state index in [9.17, 15) is 0 Å². The van der Waals surface area contributed by atoms with Crippen molar-refractivity contribution in [1.82, 2.24) is 4.98 Å². The molecule has 0 spiro atoms. The van der Waals surface area contributed by atoms with Crippen LogP contribution in [0.3, 0.4) is 0 Å². The van der Waals surface area contributed by atoms with Gasteiger partial charge in [-0.1, -0.05) is 51.1 Å². The van der Waals surface area contributed by atoms with Crippen LogP contribution in [0.1, 0.15) is 43.6 Å². The molecule has 0 bridgehead atoms. The smallest absolute Gasteiger partial charge is 0.236 e. The third-order valence-electron chi connectivity index (χ3n) is 3.70. The first-order valence-corrected chi connectivity index (χ1v) is 7.26. The molecule has 0 unspecified atom stereocenters. The van der Waals surface area contributed by atoms with Crippen molar-refractivity contribution in [2.45, 2.75) is 32.2 Å². The maximum Gasteiger partial charge on any atom is 0.236 e. The van der Waals surface area contributed by atoms with Gasteiger partial charge in [-0.2, -0.15) is 0 Å². The highest BCUT2D eigenvalue weighted by molar-refractivity contribution is 5.93. The van der Waals surface area contributed by atoms with Crippen molar-refractivity contribution in [3.05, 3.63) is 65.5 Å². The molecule has 108 valence electrons. The predicted molar refractivity (Wildman–Crippen MR) is 84.6 cm³/mol. The molecule has 0 amide bonds. The van der Waals surface area contributed by atoms with Gasteiger partial charge in [0.2, 0.25) is 5.90 Å². The summed E-state index contributed by atoms with van der Waals surface area (Å²) in [5.74, 6) is 0.639. The molecule has 1 aromatic heterocycles. The summed E-state index contributed by atoms with van der Waals surface area (Å²) >= 11 is 0. The fourth-order valence-electron chi connectivity index (χ4n) is 2.38. The predicted octanol–water partition coefficient (Wildman–Crippen LogP) is 3.90. The first-order chi connectivity index (χ1) is 10.0. The largest absolute Gasteiger partial charge is 0.474 e. The summed E-state index contributed by atoms with van der Waals surface area (Å²) < 4.78 is 5.69. The van der Waals surface area contributed by atoms with E-state index in [4.69, 9.17) is 4.74 Å². The highest BCUT2D eigenvalue weighted by Gasteiger charge is 2.23. The van der Waals surface area contributed by atoms with Gasteiger partial charge >= 0.3 is 0 Å². The van der Waals surface area contributed by atoms with Crippen molar-refractivity contribution < 1.29 is 4.74 Å². The highest BCUT2D eigenvalue weighted by Crippen LogP contribution is 2.28. The standard InChI is InChI=1S/C18H20N2O/c1-18(2,3)14-9-7-13(8-10-14)16-12-21-17(20-16)15-6-4-5-11-19-15/h4-11,16H,12H2,1-3H3/t16-/m1/s1. The monoisotopic (exact) mass is 280 g/mol. The van der Waals surface area contributed by atoms with E-state index in [0.717, 1.165) is 5.69 Å². The van der Waals surface area contributed by atoms with Gasteiger partial charge in [-0.05, 0) is 28.7 Å². The molecular formula is C18H20N2O. The molecule has 3 rings (SSSR count). The molecule has 2 heterocycles. The lowest BCUT2D eigenvalue weighted by Crippen LogP contribution is -2.11. The number of aromatic nitrogens is 1. The second-order valence-corrected chi connectivity index (χ2v) is 6.35.